The Labute approximate surface area is 174 Å². The summed E-state index contributed by atoms with van der Waals surface area (Å²) in [4.78, 5) is 2.38. The lowest BCUT2D eigenvalue weighted by molar-refractivity contribution is 0.0786. The number of fused-ring (bicyclic) bond motifs is 4. The molecule has 0 radical (unpaired) electrons. The van der Waals surface area contributed by atoms with Crippen LogP contribution < -0.4 is 10.4 Å². The monoisotopic (exact) mass is 398 g/mol. The van der Waals surface area contributed by atoms with Gasteiger partial charge in [0.15, 0.2) is 0 Å². The van der Waals surface area contributed by atoms with Gasteiger partial charge in [0, 0.05) is 27.9 Å². The van der Waals surface area contributed by atoms with E-state index in [0.717, 1.165) is 33.2 Å². The van der Waals surface area contributed by atoms with Gasteiger partial charge in [0.2, 0.25) is 0 Å². The fraction of sp³-hybridized carbons (Fsp3) is 0.154. The number of hydrogen-bond acceptors (Lipinski definition) is 3. The number of thioether (sulfide) groups is 1. The summed E-state index contributed by atoms with van der Waals surface area (Å²) < 4.78 is 6.15. The van der Waals surface area contributed by atoms with Gasteiger partial charge in [0.1, 0.15) is 11.4 Å². The van der Waals surface area contributed by atoms with Crippen molar-refractivity contribution in [3.8, 4) is 5.75 Å². The Balaban J connectivity index is 1.77. The molecule has 2 aliphatic rings. The van der Waals surface area contributed by atoms with Gasteiger partial charge in [0.25, 0.3) is 0 Å². The Morgan fingerprint density at radius 1 is 0.966 bits per heavy atom. The maximum absolute atomic E-state index is 10.7. The number of phenolic OH excluding ortho intramolecular Hbond substituents is 1. The van der Waals surface area contributed by atoms with E-state index in [1.165, 1.54) is 15.4 Å². The van der Waals surface area contributed by atoms with E-state index in [1.807, 2.05) is 30.3 Å². The highest BCUT2D eigenvalue weighted by Crippen LogP contribution is 2.44. The van der Waals surface area contributed by atoms with Crippen LogP contribution in [0.25, 0.3) is 22.4 Å². The Bertz CT molecular complexity index is 1300. The van der Waals surface area contributed by atoms with E-state index in [4.69, 9.17) is 4.74 Å². The second-order valence-electron chi connectivity index (χ2n) is 7.43. The zero-order chi connectivity index (χ0) is 20.0. The topological polar surface area (TPSA) is 29.5 Å². The molecule has 3 aromatic carbocycles. The number of allylic oxidation sites excluding steroid dienone is 1. The average molecular weight is 399 g/mol. The maximum Gasteiger partial charge on any atom is 0.124 e. The van der Waals surface area contributed by atoms with Gasteiger partial charge in [-0.15, -0.1) is 0 Å². The molecule has 0 bridgehead atoms. The molecule has 0 fully saturated rings. The Hall–Kier alpha value is -2.75. The Morgan fingerprint density at radius 2 is 1.69 bits per heavy atom. The quantitative estimate of drug-likeness (QED) is 0.678. The van der Waals surface area contributed by atoms with Gasteiger partial charge in [-0.2, -0.15) is 0 Å². The summed E-state index contributed by atoms with van der Waals surface area (Å²) in [5, 5.41) is 14.9. The first-order valence-electron chi connectivity index (χ1n) is 9.85. The van der Waals surface area contributed by atoms with Gasteiger partial charge in [-0.25, -0.2) is 0 Å². The summed E-state index contributed by atoms with van der Waals surface area (Å²) >= 11 is 1.75. The number of rotatable bonds is 4. The molecule has 5 rings (SSSR count). The van der Waals surface area contributed by atoms with Gasteiger partial charge in [-0.1, -0.05) is 61.2 Å². The standard InChI is InChI=1S/C26H22O2S/c1-3-26(28-2)16-19(29-18-9-5-4-6-10-18)13-17-14-22-20-11-7-8-12-21(20)24(27)15-23(22)25(17)26/h4-16,27H,3H2,1-2H3. The van der Waals surface area contributed by atoms with E-state index in [2.05, 4.69) is 55.5 Å². The van der Waals surface area contributed by atoms with Crippen molar-refractivity contribution >= 4 is 34.2 Å². The largest absolute Gasteiger partial charge is 0.507 e. The molecule has 0 aromatic heterocycles. The number of methoxy groups -OCH3 is 1. The van der Waals surface area contributed by atoms with Crippen LogP contribution >= 0.6 is 11.8 Å². The zero-order valence-corrected chi connectivity index (χ0v) is 17.3. The molecule has 0 amide bonds. The normalized spacial score (nSPS) is 20.0. The number of aromatic hydroxyl groups is 1. The lowest BCUT2D eigenvalue weighted by Crippen LogP contribution is -2.37. The Kier molecular flexibility index (Phi) is 4.38. The second-order valence-corrected chi connectivity index (χ2v) is 8.58. The molecule has 2 aliphatic carbocycles. The number of ether oxygens (including phenoxy) is 1. The van der Waals surface area contributed by atoms with Crippen LogP contribution in [0.15, 0.2) is 88.2 Å². The first-order valence-corrected chi connectivity index (χ1v) is 10.7. The predicted molar refractivity (Wildman–Crippen MR) is 121 cm³/mol. The van der Waals surface area contributed by atoms with Gasteiger partial charge in [0.05, 0.1) is 0 Å². The minimum absolute atomic E-state index is 0.316. The average Bonchev–Trinajstić information content (AvgIpc) is 3.13. The van der Waals surface area contributed by atoms with Crippen molar-refractivity contribution in [2.24, 2.45) is 0 Å². The van der Waals surface area contributed by atoms with Crippen LogP contribution in [0, 0.1) is 0 Å². The van der Waals surface area contributed by atoms with Crippen molar-refractivity contribution in [1.29, 1.82) is 0 Å². The van der Waals surface area contributed by atoms with Crippen molar-refractivity contribution in [3.05, 3.63) is 93.7 Å². The molecule has 29 heavy (non-hydrogen) atoms. The molecule has 0 saturated heterocycles. The highest BCUT2D eigenvalue weighted by Gasteiger charge is 2.37. The molecule has 144 valence electrons. The van der Waals surface area contributed by atoms with Crippen molar-refractivity contribution < 1.29 is 9.84 Å². The molecule has 1 N–H and O–H groups in total. The number of hydrogen-bond donors (Lipinski definition) is 1. The zero-order valence-electron chi connectivity index (χ0n) is 16.5. The molecule has 1 atom stereocenters. The van der Waals surface area contributed by atoms with Crippen LogP contribution in [0.4, 0.5) is 0 Å². The third-order valence-corrected chi connectivity index (χ3v) is 6.87. The molecule has 0 spiro atoms. The highest BCUT2D eigenvalue weighted by atomic mass is 32.2. The first kappa shape index (κ1) is 18.3. The van der Waals surface area contributed by atoms with E-state index < -0.39 is 5.60 Å². The third kappa shape index (κ3) is 2.85. The van der Waals surface area contributed by atoms with Gasteiger partial charge >= 0.3 is 0 Å². The van der Waals surface area contributed by atoms with Crippen LogP contribution in [0.1, 0.15) is 13.3 Å². The number of benzene rings is 3. The number of phenols is 1. The lowest BCUT2D eigenvalue weighted by atomic mass is 9.82. The maximum atomic E-state index is 10.7. The van der Waals surface area contributed by atoms with Crippen molar-refractivity contribution in [2.45, 2.75) is 23.8 Å². The third-order valence-electron chi connectivity index (χ3n) is 5.89. The Morgan fingerprint density at radius 3 is 2.41 bits per heavy atom. The summed E-state index contributed by atoms with van der Waals surface area (Å²) in [5.74, 6) is 0.316. The van der Waals surface area contributed by atoms with Crippen LogP contribution in [-0.4, -0.2) is 17.8 Å². The summed E-state index contributed by atoms with van der Waals surface area (Å²) in [7, 11) is 1.78. The fourth-order valence-corrected chi connectivity index (χ4v) is 5.48. The van der Waals surface area contributed by atoms with E-state index >= 15 is 0 Å². The van der Waals surface area contributed by atoms with E-state index in [9.17, 15) is 5.11 Å². The summed E-state index contributed by atoms with van der Waals surface area (Å²) in [6.07, 6.45) is 7.54. The first-order chi connectivity index (χ1) is 14.1. The molecule has 0 heterocycles. The second kappa shape index (κ2) is 6.94. The van der Waals surface area contributed by atoms with Gasteiger partial charge in [-0.05, 0) is 64.2 Å². The predicted octanol–water partition coefficient (Wildman–Crippen LogP) is 4.90. The molecule has 1 unspecified atom stereocenters. The summed E-state index contributed by atoms with van der Waals surface area (Å²) in [5.41, 5.74) is 1.80. The molecular weight excluding hydrogens is 376 g/mol. The molecule has 0 aliphatic heterocycles. The summed E-state index contributed by atoms with van der Waals surface area (Å²) in [6, 6.07) is 20.3. The van der Waals surface area contributed by atoms with E-state index in [-0.39, 0.29) is 0 Å². The van der Waals surface area contributed by atoms with Crippen LogP contribution in [-0.2, 0) is 4.74 Å². The van der Waals surface area contributed by atoms with Gasteiger partial charge < -0.3 is 9.84 Å². The SMILES string of the molecule is CCC1(OC)C=C(Sc2ccccc2)C=C2C=c3c(cc(O)c4ccccc34)=C21. The summed E-state index contributed by atoms with van der Waals surface area (Å²) in [6.45, 7) is 2.15. The minimum atomic E-state index is -0.516. The smallest absolute Gasteiger partial charge is 0.124 e. The van der Waals surface area contributed by atoms with Crippen LogP contribution in [0.3, 0.4) is 0 Å². The minimum Gasteiger partial charge on any atom is -0.507 e. The lowest BCUT2D eigenvalue weighted by Gasteiger charge is -2.34. The molecule has 3 heteroatoms. The molecule has 2 nitrogen and oxygen atoms in total. The van der Waals surface area contributed by atoms with Crippen molar-refractivity contribution in [1.82, 2.24) is 0 Å². The molecular formula is C26H22O2S. The molecule has 0 saturated carbocycles. The van der Waals surface area contributed by atoms with E-state index in [0.29, 0.717) is 5.75 Å². The van der Waals surface area contributed by atoms with Crippen LogP contribution in [0.5, 0.6) is 5.75 Å². The van der Waals surface area contributed by atoms with Crippen LogP contribution in [0.2, 0.25) is 0 Å². The van der Waals surface area contributed by atoms with Crippen molar-refractivity contribution in [2.75, 3.05) is 7.11 Å². The molecule has 3 aromatic rings. The fourth-order valence-electron chi connectivity index (χ4n) is 4.47. The van der Waals surface area contributed by atoms with Gasteiger partial charge in [-0.3, -0.25) is 0 Å². The van der Waals surface area contributed by atoms with Crippen molar-refractivity contribution in [3.63, 3.8) is 0 Å². The highest BCUT2D eigenvalue weighted by molar-refractivity contribution is 8.03. The van der Waals surface area contributed by atoms with E-state index in [1.54, 1.807) is 18.9 Å².